The molecule has 0 bridgehead atoms. The van der Waals surface area contributed by atoms with Gasteiger partial charge in [-0.15, -0.1) is 0 Å². The molecule has 1 atom stereocenters. The SMILES string of the molecule is CC/C=C\C/C=C\C/C=C\C/C=C\C/C=C\C/C=C\C/C=C\CCCCCCCCCC(=O)OC(CO)COC(=O)CCCCCCCCCCCCCCCCCCCCCCCCC. The van der Waals surface area contributed by atoms with E-state index in [1.807, 2.05) is 0 Å². The third-order valence-electron chi connectivity index (χ3n) is 12.2. The van der Waals surface area contributed by atoms with Gasteiger partial charge in [0.25, 0.3) is 0 Å². The monoisotopic (exact) mass is 919 g/mol. The van der Waals surface area contributed by atoms with E-state index >= 15 is 0 Å². The van der Waals surface area contributed by atoms with Crippen molar-refractivity contribution in [2.45, 2.75) is 277 Å². The number of carbonyl (C=O) groups is 2. The van der Waals surface area contributed by atoms with Crippen molar-refractivity contribution in [2.75, 3.05) is 13.2 Å². The number of aliphatic hydroxyl groups excluding tert-OH is 1. The van der Waals surface area contributed by atoms with Crippen LogP contribution in [-0.2, 0) is 19.1 Å². The summed E-state index contributed by atoms with van der Waals surface area (Å²) in [5.41, 5.74) is 0. The Morgan fingerprint density at radius 2 is 0.652 bits per heavy atom. The fourth-order valence-corrected chi connectivity index (χ4v) is 8.01. The van der Waals surface area contributed by atoms with Crippen LogP contribution in [0.15, 0.2) is 85.1 Å². The standard InChI is InChI=1S/C61H106O5/c1-3-5-7-9-11-13-15-17-19-21-23-25-27-28-29-30-31-32-34-36-38-40-42-44-46-48-50-52-54-56-61(64)66-59(57-62)58-65-60(63)55-53-51-49-47-45-43-41-39-37-35-33-26-24-22-20-18-16-14-12-10-8-6-4-2/h5,7,11,13,17,19,23,25,28-29,31-32,36,38,59,62H,3-4,6,8-10,12,14-16,18,20-22,24,26-27,30,33-35,37,39-58H2,1-2H3/b7-5-,13-11-,19-17-,25-23-,29-28-,32-31-,38-36-. The highest BCUT2D eigenvalue weighted by Crippen LogP contribution is 2.16. The first-order valence-corrected chi connectivity index (χ1v) is 28.1. The fraction of sp³-hybridized carbons (Fsp3) is 0.738. The second-order valence-electron chi connectivity index (χ2n) is 18.6. The van der Waals surface area contributed by atoms with Crippen molar-refractivity contribution in [1.82, 2.24) is 0 Å². The molecule has 0 aromatic rings. The zero-order chi connectivity index (χ0) is 47.7. The number of hydrogen-bond acceptors (Lipinski definition) is 5. The summed E-state index contributed by atoms with van der Waals surface area (Å²) >= 11 is 0. The molecule has 0 rings (SSSR count). The Morgan fingerprint density at radius 3 is 0.985 bits per heavy atom. The van der Waals surface area contributed by atoms with E-state index in [1.54, 1.807) is 0 Å². The van der Waals surface area contributed by atoms with Crippen LogP contribution in [0.4, 0.5) is 0 Å². The summed E-state index contributed by atoms with van der Waals surface area (Å²) in [5.74, 6) is -0.597. The molecule has 5 heteroatoms. The normalized spacial score (nSPS) is 12.8. The van der Waals surface area contributed by atoms with E-state index in [0.29, 0.717) is 12.8 Å². The van der Waals surface area contributed by atoms with Gasteiger partial charge in [0, 0.05) is 12.8 Å². The minimum Gasteiger partial charge on any atom is -0.462 e. The van der Waals surface area contributed by atoms with Gasteiger partial charge < -0.3 is 14.6 Å². The van der Waals surface area contributed by atoms with Gasteiger partial charge in [0.1, 0.15) is 6.61 Å². The Labute approximate surface area is 409 Å². The molecule has 0 saturated carbocycles. The molecular weight excluding hydrogens is 813 g/mol. The van der Waals surface area contributed by atoms with Crippen LogP contribution in [0.25, 0.3) is 0 Å². The number of unbranched alkanes of at least 4 members (excludes halogenated alkanes) is 29. The second-order valence-corrected chi connectivity index (χ2v) is 18.6. The van der Waals surface area contributed by atoms with Gasteiger partial charge in [0.2, 0.25) is 0 Å². The summed E-state index contributed by atoms with van der Waals surface area (Å²) < 4.78 is 10.7. The second kappa shape index (κ2) is 56.4. The van der Waals surface area contributed by atoms with E-state index in [0.717, 1.165) is 89.9 Å². The lowest BCUT2D eigenvalue weighted by atomic mass is 10.0. The molecule has 0 aromatic heterocycles. The number of hydrogen-bond donors (Lipinski definition) is 1. The zero-order valence-corrected chi connectivity index (χ0v) is 43.4. The largest absolute Gasteiger partial charge is 0.462 e. The summed E-state index contributed by atoms with van der Waals surface area (Å²) in [6.07, 6.45) is 78.3. The summed E-state index contributed by atoms with van der Waals surface area (Å²) in [4.78, 5) is 24.5. The predicted molar refractivity (Wildman–Crippen MR) is 288 cm³/mol. The van der Waals surface area contributed by atoms with Crippen molar-refractivity contribution in [3.63, 3.8) is 0 Å². The first-order chi connectivity index (χ1) is 32.6. The molecule has 380 valence electrons. The Kier molecular flexibility index (Phi) is 53.9. The van der Waals surface area contributed by atoms with Crippen LogP contribution in [0.5, 0.6) is 0 Å². The summed E-state index contributed by atoms with van der Waals surface area (Å²) in [5, 5.41) is 9.65. The van der Waals surface area contributed by atoms with E-state index in [4.69, 9.17) is 9.47 Å². The molecule has 0 aromatic carbocycles. The smallest absolute Gasteiger partial charge is 0.306 e. The van der Waals surface area contributed by atoms with Gasteiger partial charge in [-0.1, -0.05) is 272 Å². The minimum atomic E-state index is -0.782. The minimum absolute atomic E-state index is 0.0713. The highest BCUT2D eigenvalue weighted by molar-refractivity contribution is 5.70. The predicted octanol–water partition coefficient (Wildman–Crippen LogP) is 19.0. The highest BCUT2D eigenvalue weighted by atomic mass is 16.6. The van der Waals surface area contributed by atoms with Crippen molar-refractivity contribution in [3.8, 4) is 0 Å². The van der Waals surface area contributed by atoms with Crippen LogP contribution < -0.4 is 0 Å². The van der Waals surface area contributed by atoms with Crippen LogP contribution >= 0.6 is 0 Å². The molecule has 5 nitrogen and oxygen atoms in total. The number of carbonyl (C=O) groups excluding carboxylic acids is 2. The van der Waals surface area contributed by atoms with Gasteiger partial charge >= 0.3 is 11.9 Å². The lowest BCUT2D eigenvalue weighted by molar-refractivity contribution is -0.161. The molecule has 0 aliphatic heterocycles. The molecule has 0 saturated heterocycles. The van der Waals surface area contributed by atoms with Crippen molar-refractivity contribution in [2.24, 2.45) is 0 Å². The molecule has 0 fully saturated rings. The Morgan fingerprint density at radius 1 is 0.364 bits per heavy atom. The van der Waals surface area contributed by atoms with Gasteiger partial charge in [-0.25, -0.2) is 0 Å². The maximum atomic E-state index is 12.3. The van der Waals surface area contributed by atoms with E-state index in [2.05, 4.69) is 98.9 Å². The van der Waals surface area contributed by atoms with Gasteiger partial charge in [0.15, 0.2) is 6.10 Å². The van der Waals surface area contributed by atoms with Crippen LogP contribution in [0.3, 0.4) is 0 Å². The topological polar surface area (TPSA) is 72.8 Å². The average Bonchev–Trinajstić information content (AvgIpc) is 3.32. The summed E-state index contributed by atoms with van der Waals surface area (Å²) in [7, 11) is 0. The maximum absolute atomic E-state index is 12.3. The molecule has 0 heterocycles. The molecule has 1 N–H and O–H groups in total. The molecule has 0 spiro atoms. The van der Waals surface area contributed by atoms with Crippen molar-refractivity contribution < 1.29 is 24.2 Å². The molecule has 0 aliphatic rings. The molecule has 0 aliphatic carbocycles. The van der Waals surface area contributed by atoms with E-state index < -0.39 is 6.10 Å². The van der Waals surface area contributed by atoms with Gasteiger partial charge in [-0.05, 0) is 70.6 Å². The third kappa shape index (κ3) is 53.7. The molecule has 0 amide bonds. The molecular formula is C61H106O5. The van der Waals surface area contributed by atoms with E-state index in [9.17, 15) is 14.7 Å². The molecule has 0 radical (unpaired) electrons. The Hall–Kier alpha value is -2.92. The van der Waals surface area contributed by atoms with Crippen LogP contribution in [0.1, 0.15) is 271 Å². The van der Waals surface area contributed by atoms with E-state index in [1.165, 1.54) is 154 Å². The highest BCUT2D eigenvalue weighted by Gasteiger charge is 2.16. The Balaban J connectivity index is 3.54. The van der Waals surface area contributed by atoms with Crippen molar-refractivity contribution in [1.29, 1.82) is 0 Å². The van der Waals surface area contributed by atoms with Crippen molar-refractivity contribution in [3.05, 3.63) is 85.1 Å². The lowest BCUT2D eigenvalue weighted by Gasteiger charge is -2.15. The summed E-state index contributed by atoms with van der Waals surface area (Å²) in [6, 6.07) is 0. The molecule has 66 heavy (non-hydrogen) atoms. The average molecular weight is 920 g/mol. The lowest BCUT2D eigenvalue weighted by Crippen LogP contribution is -2.28. The molecule has 1 unspecified atom stereocenters. The maximum Gasteiger partial charge on any atom is 0.306 e. The number of aliphatic hydroxyl groups is 1. The quantitative estimate of drug-likeness (QED) is 0.0374. The van der Waals surface area contributed by atoms with Crippen molar-refractivity contribution >= 4 is 11.9 Å². The Bertz CT molecular complexity index is 1220. The fourth-order valence-electron chi connectivity index (χ4n) is 8.01. The van der Waals surface area contributed by atoms with Crippen LogP contribution in [0.2, 0.25) is 0 Å². The number of ether oxygens (including phenoxy) is 2. The van der Waals surface area contributed by atoms with Gasteiger partial charge in [0.05, 0.1) is 6.61 Å². The summed E-state index contributed by atoms with van der Waals surface area (Å²) in [6.45, 7) is 4.04. The third-order valence-corrected chi connectivity index (χ3v) is 12.2. The van der Waals surface area contributed by atoms with Crippen LogP contribution in [0, 0.1) is 0 Å². The van der Waals surface area contributed by atoms with Crippen LogP contribution in [-0.4, -0.2) is 36.4 Å². The number of esters is 2. The van der Waals surface area contributed by atoms with Gasteiger partial charge in [-0.3, -0.25) is 9.59 Å². The first-order valence-electron chi connectivity index (χ1n) is 28.1. The van der Waals surface area contributed by atoms with E-state index in [-0.39, 0.29) is 25.2 Å². The number of allylic oxidation sites excluding steroid dienone is 14. The van der Waals surface area contributed by atoms with Gasteiger partial charge in [-0.2, -0.15) is 0 Å². The first kappa shape index (κ1) is 63.1. The zero-order valence-electron chi connectivity index (χ0n) is 43.4. The number of rotatable bonds is 51.